The average molecular weight is 245 g/mol. The first-order valence-electron chi connectivity index (χ1n) is 4.76. The molecule has 94 valence electrons. The quantitative estimate of drug-likeness (QED) is 0.663. The predicted molar refractivity (Wildman–Crippen MR) is 57.0 cm³/mol. The van der Waals surface area contributed by atoms with E-state index in [1.807, 2.05) is 0 Å². The molecule has 0 aliphatic rings. The first-order chi connectivity index (χ1) is 8.01. The number of benzene rings is 1. The highest BCUT2D eigenvalue weighted by molar-refractivity contribution is 5.82. The van der Waals surface area contributed by atoms with E-state index in [0.29, 0.717) is 0 Å². The van der Waals surface area contributed by atoms with E-state index in [-0.39, 0.29) is 11.3 Å². The number of methoxy groups -OCH3 is 1. The summed E-state index contributed by atoms with van der Waals surface area (Å²) in [5, 5.41) is 0. The summed E-state index contributed by atoms with van der Waals surface area (Å²) < 4.78 is 31.5. The van der Waals surface area contributed by atoms with E-state index in [1.165, 1.54) is 14.2 Å². The smallest absolute Gasteiger partial charge is 0.255 e. The molecule has 0 saturated carbocycles. The van der Waals surface area contributed by atoms with Gasteiger partial charge in [-0.1, -0.05) is 0 Å². The maximum absolute atomic E-state index is 13.5. The number of hydrogen-bond acceptors (Lipinski definition) is 4. The second-order valence-electron chi connectivity index (χ2n) is 3.23. The zero-order chi connectivity index (χ0) is 13.0. The molecule has 0 heterocycles. The van der Waals surface area contributed by atoms with Crippen LogP contribution in [0, 0.1) is 11.6 Å². The molecule has 0 aliphatic heterocycles. The number of hydrazine groups is 1. The van der Waals surface area contributed by atoms with Crippen LogP contribution in [-0.4, -0.2) is 20.1 Å². The Balaban J connectivity index is 3.06. The van der Waals surface area contributed by atoms with Crippen LogP contribution in [0.4, 0.5) is 8.78 Å². The molecule has 1 unspecified atom stereocenters. The van der Waals surface area contributed by atoms with Crippen molar-refractivity contribution >= 4 is 5.91 Å². The number of rotatable bonds is 4. The van der Waals surface area contributed by atoms with Crippen molar-refractivity contribution in [1.29, 1.82) is 0 Å². The topological polar surface area (TPSA) is 76.4 Å². The van der Waals surface area contributed by atoms with Gasteiger partial charge in [0.15, 0.2) is 11.6 Å². The lowest BCUT2D eigenvalue weighted by atomic mass is 10.1. The highest BCUT2D eigenvalue weighted by Gasteiger charge is 2.21. The second-order valence-corrected chi connectivity index (χ2v) is 3.23. The lowest BCUT2D eigenvalue weighted by molar-refractivity contribution is -0.123. The van der Waals surface area contributed by atoms with Gasteiger partial charge in [0, 0.05) is 18.7 Å². The lowest BCUT2D eigenvalue weighted by Gasteiger charge is -2.13. The van der Waals surface area contributed by atoms with Crippen LogP contribution in [0.3, 0.4) is 0 Å². The first-order valence-corrected chi connectivity index (χ1v) is 4.76. The van der Waals surface area contributed by atoms with Gasteiger partial charge in [-0.2, -0.15) is 0 Å². The third-order valence-electron chi connectivity index (χ3n) is 2.14. The molecule has 1 rings (SSSR count). The molecule has 0 spiro atoms. The van der Waals surface area contributed by atoms with Crippen molar-refractivity contribution in [1.82, 2.24) is 10.9 Å². The molecule has 0 aromatic heterocycles. The van der Waals surface area contributed by atoms with Crippen LogP contribution >= 0.6 is 0 Å². The second kappa shape index (κ2) is 5.55. The molecule has 5 nitrogen and oxygen atoms in total. The molecule has 4 N–H and O–H groups in total. The Morgan fingerprint density at radius 1 is 1.41 bits per heavy atom. The van der Waals surface area contributed by atoms with E-state index < -0.39 is 23.6 Å². The highest BCUT2D eigenvalue weighted by atomic mass is 19.1. The zero-order valence-corrected chi connectivity index (χ0v) is 9.38. The number of ether oxygens (including phenoxy) is 1. The van der Waals surface area contributed by atoms with E-state index in [2.05, 4.69) is 15.6 Å². The number of halogens is 2. The monoisotopic (exact) mass is 245 g/mol. The van der Waals surface area contributed by atoms with E-state index >= 15 is 0 Å². The first kappa shape index (κ1) is 13.3. The van der Waals surface area contributed by atoms with Crippen LogP contribution in [0.5, 0.6) is 5.75 Å². The fraction of sp³-hybridized carbons (Fsp3) is 0.300. The molecule has 1 aromatic carbocycles. The van der Waals surface area contributed by atoms with E-state index in [1.54, 1.807) is 0 Å². The van der Waals surface area contributed by atoms with Gasteiger partial charge in [0.05, 0.1) is 7.11 Å². The summed E-state index contributed by atoms with van der Waals surface area (Å²) in [5.74, 6) is -2.50. The van der Waals surface area contributed by atoms with Crippen molar-refractivity contribution < 1.29 is 18.3 Å². The minimum atomic E-state index is -1.30. The third kappa shape index (κ3) is 2.89. The normalized spacial score (nSPS) is 12.1. The Kier molecular flexibility index (Phi) is 4.36. The molecule has 0 radical (unpaired) electrons. The Morgan fingerprint density at radius 2 is 2.06 bits per heavy atom. The van der Waals surface area contributed by atoms with Crippen LogP contribution in [-0.2, 0) is 4.79 Å². The minimum Gasteiger partial charge on any atom is -0.494 e. The SMILES string of the molecule is CNNC(=O)C(N)c1cc(F)c(OC)cc1F. The van der Waals surface area contributed by atoms with E-state index in [0.717, 1.165) is 12.1 Å². The summed E-state index contributed by atoms with van der Waals surface area (Å²) in [5.41, 5.74) is 9.79. The number of nitrogens with one attached hydrogen (secondary N) is 2. The van der Waals surface area contributed by atoms with E-state index in [4.69, 9.17) is 5.73 Å². The summed E-state index contributed by atoms with van der Waals surface area (Å²) in [7, 11) is 2.67. The van der Waals surface area contributed by atoms with Crippen LogP contribution in [0.1, 0.15) is 11.6 Å². The summed E-state index contributed by atoms with van der Waals surface area (Å²) in [6.07, 6.45) is 0. The Morgan fingerprint density at radius 3 is 2.59 bits per heavy atom. The van der Waals surface area contributed by atoms with Crippen molar-refractivity contribution in [3.05, 3.63) is 29.3 Å². The van der Waals surface area contributed by atoms with Crippen LogP contribution in [0.15, 0.2) is 12.1 Å². The number of carbonyl (C=O) groups is 1. The van der Waals surface area contributed by atoms with Gasteiger partial charge in [0.25, 0.3) is 5.91 Å². The predicted octanol–water partition coefficient (Wildman–Crippen LogP) is 0.224. The molecular formula is C10H13F2N3O2. The molecule has 17 heavy (non-hydrogen) atoms. The van der Waals surface area contributed by atoms with Crippen molar-refractivity contribution in [2.75, 3.05) is 14.2 Å². The van der Waals surface area contributed by atoms with Gasteiger partial charge >= 0.3 is 0 Å². The summed E-state index contributed by atoms with van der Waals surface area (Å²) >= 11 is 0. The molecule has 7 heteroatoms. The molecule has 1 atom stereocenters. The number of amides is 1. The van der Waals surface area contributed by atoms with Crippen molar-refractivity contribution in [3.63, 3.8) is 0 Å². The Bertz CT molecular complexity index is 426. The van der Waals surface area contributed by atoms with Gasteiger partial charge in [0.2, 0.25) is 0 Å². The Hall–Kier alpha value is -1.73. The van der Waals surface area contributed by atoms with E-state index in [9.17, 15) is 13.6 Å². The summed E-state index contributed by atoms with van der Waals surface area (Å²) in [6.45, 7) is 0. The number of hydrogen-bond donors (Lipinski definition) is 3. The minimum absolute atomic E-state index is 0.240. The molecule has 0 bridgehead atoms. The maximum Gasteiger partial charge on any atom is 0.255 e. The molecule has 0 aliphatic carbocycles. The van der Waals surface area contributed by atoms with Crippen LogP contribution in [0.2, 0.25) is 0 Å². The van der Waals surface area contributed by atoms with Crippen LogP contribution in [0.25, 0.3) is 0 Å². The Labute approximate surface area is 96.9 Å². The van der Waals surface area contributed by atoms with Gasteiger partial charge in [-0.25, -0.2) is 14.2 Å². The molecule has 1 aromatic rings. The molecule has 1 amide bonds. The average Bonchev–Trinajstić information content (AvgIpc) is 2.31. The van der Waals surface area contributed by atoms with Gasteiger partial charge < -0.3 is 10.5 Å². The maximum atomic E-state index is 13.5. The van der Waals surface area contributed by atoms with Crippen molar-refractivity contribution in [2.24, 2.45) is 5.73 Å². The molecule has 0 saturated heterocycles. The van der Waals surface area contributed by atoms with Gasteiger partial charge in [-0.15, -0.1) is 0 Å². The van der Waals surface area contributed by atoms with Gasteiger partial charge in [0.1, 0.15) is 11.9 Å². The highest BCUT2D eigenvalue weighted by Crippen LogP contribution is 2.24. The third-order valence-corrected chi connectivity index (χ3v) is 2.14. The lowest BCUT2D eigenvalue weighted by Crippen LogP contribution is -2.41. The molecule has 0 fully saturated rings. The van der Waals surface area contributed by atoms with Crippen LogP contribution < -0.4 is 21.3 Å². The van der Waals surface area contributed by atoms with Gasteiger partial charge in [-0.05, 0) is 6.07 Å². The zero-order valence-electron chi connectivity index (χ0n) is 9.38. The van der Waals surface area contributed by atoms with Crippen molar-refractivity contribution in [2.45, 2.75) is 6.04 Å². The fourth-order valence-corrected chi connectivity index (χ4v) is 1.28. The largest absolute Gasteiger partial charge is 0.494 e. The van der Waals surface area contributed by atoms with Gasteiger partial charge in [-0.3, -0.25) is 10.2 Å². The number of nitrogens with two attached hydrogens (primary N) is 1. The fourth-order valence-electron chi connectivity index (χ4n) is 1.28. The summed E-state index contributed by atoms with van der Waals surface area (Å²) in [6, 6.07) is 0.383. The summed E-state index contributed by atoms with van der Waals surface area (Å²) in [4.78, 5) is 11.3. The van der Waals surface area contributed by atoms with Crippen molar-refractivity contribution in [3.8, 4) is 5.75 Å². The standard InChI is InChI=1S/C10H13F2N3O2/c1-14-15-10(16)9(13)5-3-7(12)8(17-2)4-6(5)11/h3-4,9,14H,13H2,1-2H3,(H,15,16). The molecular weight excluding hydrogens is 232 g/mol. The number of carbonyl (C=O) groups excluding carboxylic acids is 1.